The van der Waals surface area contributed by atoms with Gasteiger partial charge in [-0.2, -0.15) is 5.10 Å². The molecule has 0 bridgehead atoms. The highest BCUT2D eigenvalue weighted by Gasteiger charge is 2.27. The van der Waals surface area contributed by atoms with E-state index in [0.717, 1.165) is 25.7 Å². The van der Waals surface area contributed by atoms with Gasteiger partial charge in [0.2, 0.25) is 0 Å². The summed E-state index contributed by atoms with van der Waals surface area (Å²) in [6.45, 7) is 4.41. The first-order valence-corrected chi connectivity index (χ1v) is 7.46. The highest BCUT2D eigenvalue weighted by atomic mass is 15.3. The van der Waals surface area contributed by atoms with Gasteiger partial charge in [0.1, 0.15) is 0 Å². The lowest BCUT2D eigenvalue weighted by Gasteiger charge is -2.27. The monoisotopic (exact) mass is 249 g/mol. The molecule has 0 aliphatic heterocycles. The predicted octanol–water partition coefficient (Wildman–Crippen LogP) is 3.45. The first kappa shape index (κ1) is 13.6. The van der Waals surface area contributed by atoms with E-state index < -0.39 is 0 Å². The fourth-order valence-corrected chi connectivity index (χ4v) is 2.87. The molecule has 1 saturated carbocycles. The van der Waals surface area contributed by atoms with Crippen LogP contribution < -0.4 is 5.73 Å². The van der Waals surface area contributed by atoms with Crippen LogP contribution in [0.2, 0.25) is 0 Å². The summed E-state index contributed by atoms with van der Waals surface area (Å²) in [4.78, 5) is 0. The minimum absolute atomic E-state index is 0.00879. The van der Waals surface area contributed by atoms with Crippen molar-refractivity contribution < 1.29 is 0 Å². The lowest BCUT2D eigenvalue weighted by atomic mass is 9.87. The molecule has 1 aliphatic rings. The van der Waals surface area contributed by atoms with E-state index in [-0.39, 0.29) is 5.54 Å². The maximum atomic E-state index is 6.56. The van der Waals surface area contributed by atoms with Crippen LogP contribution in [0, 0.1) is 0 Å². The van der Waals surface area contributed by atoms with E-state index in [4.69, 9.17) is 5.73 Å². The zero-order valence-electron chi connectivity index (χ0n) is 11.9. The molecule has 1 aromatic rings. The fourth-order valence-electron chi connectivity index (χ4n) is 2.87. The Bertz CT molecular complexity index is 362. The summed E-state index contributed by atoms with van der Waals surface area (Å²) in [5, 5.41) is 4.69. The third-order valence-electron chi connectivity index (χ3n) is 4.34. The van der Waals surface area contributed by atoms with Gasteiger partial charge in [-0.1, -0.05) is 32.6 Å². The molecule has 18 heavy (non-hydrogen) atoms. The predicted molar refractivity (Wildman–Crippen MR) is 75.6 cm³/mol. The quantitative estimate of drug-likeness (QED) is 0.831. The van der Waals surface area contributed by atoms with Crippen LogP contribution in [-0.2, 0) is 6.42 Å². The van der Waals surface area contributed by atoms with E-state index in [1.54, 1.807) is 0 Å². The van der Waals surface area contributed by atoms with Crippen molar-refractivity contribution in [1.82, 2.24) is 9.78 Å². The van der Waals surface area contributed by atoms with Crippen molar-refractivity contribution in [2.45, 2.75) is 76.8 Å². The average Bonchev–Trinajstić information content (AvgIpc) is 2.70. The zero-order valence-corrected chi connectivity index (χ0v) is 11.9. The molecular weight excluding hydrogens is 222 g/mol. The van der Waals surface area contributed by atoms with Crippen molar-refractivity contribution >= 4 is 0 Å². The minimum Gasteiger partial charge on any atom is -0.325 e. The van der Waals surface area contributed by atoms with Gasteiger partial charge in [0.05, 0.1) is 5.69 Å². The first-order valence-electron chi connectivity index (χ1n) is 7.46. The van der Waals surface area contributed by atoms with Crippen LogP contribution in [-0.4, -0.2) is 15.3 Å². The molecule has 3 nitrogen and oxygen atoms in total. The molecule has 0 spiro atoms. The number of hydrogen-bond donors (Lipinski definition) is 1. The minimum atomic E-state index is -0.00879. The summed E-state index contributed by atoms with van der Waals surface area (Å²) in [6.07, 6.45) is 11.7. The Labute approximate surface area is 111 Å². The van der Waals surface area contributed by atoms with Crippen molar-refractivity contribution in [3.63, 3.8) is 0 Å². The lowest BCUT2D eigenvalue weighted by Crippen LogP contribution is -2.41. The highest BCUT2D eigenvalue weighted by Crippen LogP contribution is 2.27. The van der Waals surface area contributed by atoms with Gasteiger partial charge in [0, 0.05) is 24.2 Å². The summed E-state index contributed by atoms with van der Waals surface area (Å²) in [7, 11) is 0. The molecule has 1 heterocycles. The van der Waals surface area contributed by atoms with E-state index in [2.05, 4.69) is 35.9 Å². The van der Waals surface area contributed by atoms with Gasteiger partial charge in [0.15, 0.2) is 0 Å². The molecule has 2 rings (SSSR count). The van der Waals surface area contributed by atoms with E-state index in [1.807, 2.05) is 0 Å². The maximum Gasteiger partial charge on any atom is 0.0643 e. The fraction of sp³-hybridized carbons (Fsp3) is 0.800. The second-order valence-corrected chi connectivity index (χ2v) is 6.00. The summed E-state index contributed by atoms with van der Waals surface area (Å²) in [5.41, 5.74) is 7.72. The molecule has 1 unspecified atom stereocenters. The van der Waals surface area contributed by atoms with Crippen LogP contribution in [0.15, 0.2) is 12.3 Å². The Morgan fingerprint density at radius 2 is 2.00 bits per heavy atom. The number of rotatable bonds is 4. The molecule has 102 valence electrons. The molecule has 0 amide bonds. The summed E-state index contributed by atoms with van der Waals surface area (Å²) < 4.78 is 2.08. The van der Waals surface area contributed by atoms with Gasteiger partial charge >= 0.3 is 0 Å². The molecule has 0 radical (unpaired) electrons. The van der Waals surface area contributed by atoms with E-state index in [0.29, 0.717) is 6.04 Å². The molecule has 1 aromatic heterocycles. The topological polar surface area (TPSA) is 43.8 Å². The second-order valence-electron chi connectivity index (χ2n) is 6.00. The summed E-state index contributed by atoms with van der Waals surface area (Å²) >= 11 is 0. The number of aromatic nitrogens is 2. The molecule has 2 N–H and O–H groups in total. The van der Waals surface area contributed by atoms with Gasteiger partial charge in [-0.25, -0.2) is 0 Å². The van der Waals surface area contributed by atoms with Crippen LogP contribution in [0.4, 0.5) is 0 Å². The third kappa shape index (κ3) is 3.35. The van der Waals surface area contributed by atoms with E-state index in [9.17, 15) is 0 Å². The highest BCUT2D eigenvalue weighted by molar-refractivity contribution is 5.06. The van der Waals surface area contributed by atoms with Gasteiger partial charge in [0.25, 0.3) is 0 Å². The third-order valence-corrected chi connectivity index (χ3v) is 4.34. The average molecular weight is 249 g/mol. The number of nitrogens with two attached hydrogens (primary N) is 1. The Kier molecular flexibility index (Phi) is 4.44. The van der Waals surface area contributed by atoms with Gasteiger partial charge in [-0.15, -0.1) is 0 Å². The molecule has 3 heteroatoms. The van der Waals surface area contributed by atoms with Gasteiger partial charge < -0.3 is 5.73 Å². The Hall–Kier alpha value is -0.830. The largest absolute Gasteiger partial charge is 0.325 e. The van der Waals surface area contributed by atoms with Gasteiger partial charge in [-0.3, -0.25) is 4.68 Å². The molecule has 1 fully saturated rings. The maximum absolute atomic E-state index is 6.56. The zero-order chi connectivity index (χ0) is 13.0. The van der Waals surface area contributed by atoms with Crippen LogP contribution in [0.5, 0.6) is 0 Å². The SMILES string of the molecule is CCC(C)n1ccc(CC2(N)CCCCCC2)n1. The summed E-state index contributed by atoms with van der Waals surface area (Å²) in [6, 6.07) is 2.63. The second kappa shape index (κ2) is 5.87. The van der Waals surface area contributed by atoms with E-state index >= 15 is 0 Å². The molecule has 1 atom stereocenters. The van der Waals surface area contributed by atoms with Crippen LogP contribution >= 0.6 is 0 Å². The lowest BCUT2D eigenvalue weighted by molar-refractivity contribution is 0.362. The van der Waals surface area contributed by atoms with Gasteiger partial charge in [-0.05, 0) is 32.3 Å². The Morgan fingerprint density at radius 3 is 2.61 bits per heavy atom. The Balaban J connectivity index is 2.01. The molecular formula is C15H27N3. The van der Waals surface area contributed by atoms with Crippen LogP contribution in [0.3, 0.4) is 0 Å². The van der Waals surface area contributed by atoms with Crippen molar-refractivity contribution in [1.29, 1.82) is 0 Å². The van der Waals surface area contributed by atoms with E-state index in [1.165, 1.54) is 31.4 Å². The van der Waals surface area contributed by atoms with Crippen molar-refractivity contribution in [2.24, 2.45) is 5.73 Å². The summed E-state index contributed by atoms with van der Waals surface area (Å²) in [5.74, 6) is 0. The Morgan fingerprint density at radius 1 is 1.33 bits per heavy atom. The smallest absolute Gasteiger partial charge is 0.0643 e. The number of nitrogens with zero attached hydrogens (tertiary/aromatic N) is 2. The first-order chi connectivity index (χ1) is 8.63. The van der Waals surface area contributed by atoms with Crippen LogP contribution in [0.25, 0.3) is 0 Å². The molecule has 0 saturated heterocycles. The van der Waals surface area contributed by atoms with Crippen molar-refractivity contribution in [3.05, 3.63) is 18.0 Å². The van der Waals surface area contributed by atoms with Crippen molar-refractivity contribution in [2.75, 3.05) is 0 Å². The number of hydrogen-bond acceptors (Lipinski definition) is 2. The molecule has 1 aliphatic carbocycles. The molecule has 0 aromatic carbocycles. The normalized spacial score (nSPS) is 21.5. The van der Waals surface area contributed by atoms with Crippen molar-refractivity contribution in [3.8, 4) is 0 Å². The standard InChI is InChI=1S/C15H27N3/c1-3-13(2)18-11-8-14(17-18)12-15(16)9-6-4-5-7-10-15/h8,11,13H,3-7,9-10,12,16H2,1-2H3. The van der Waals surface area contributed by atoms with Crippen LogP contribution in [0.1, 0.15) is 70.5 Å².